The average Bonchev–Trinajstić information content (AvgIpc) is 3.29. The molecule has 1 aliphatic heterocycles. The van der Waals surface area contributed by atoms with E-state index in [0.717, 1.165) is 19.4 Å². The van der Waals surface area contributed by atoms with Crippen LogP contribution in [0.1, 0.15) is 47.6 Å². The van der Waals surface area contributed by atoms with Crippen LogP contribution in [0.15, 0.2) is 41.1 Å². The van der Waals surface area contributed by atoms with Crippen LogP contribution in [0.2, 0.25) is 5.02 Å². The molecule has 2 heterocycles. The molecule has 2 amide bonds. The highest BCUT2D eigenvalue weighted by Crippen LogP contribution is 2.33. The molecule has 0 aliphatic carbocycles. The van der Waals surface area contributed by atoms with Crippen molar-refractivity contribution in [3.8, 4) is 0 Å². The van der Waals surface area contributed by atoms with Crippen LogP contribution < -0.4 is 5.32 Å². The molecule has 0 radical (unpaired) electrons. The number of hydrogen-bond acceptors (Lipinski definition) is 3. The second-order valence-corrected chi connectivity index (χ2v) is 7.38. The van der Waals surface area contributed by atoms with Gasteiger partial charge in [-0.2, -0.15) is 11.3 Å². The monoisotopic (exact) mass is 376 g/mol. The smallest absolute Gasteiger partial charge is 0.251 e. The molecule has 1 aliphatic rings. The summed E-state index contributed by atoms with van der Waals surface area (Å²) in [7, 11) is 0. The Bertz CT molecular complexity index is 716. The van der Waals surface area contributed by atoms with Gasteiger partial charge in [-0.1, -0.05) is 11.6 Å². The molecular weight excluding hydrogens is 356 g/mol. The zero-order valence-electron chi connectivity index (χ0n) is 13.9. The minimum atomic E-state index is -0.138. The van der Waals surface area contributed by atoms with Gasteiger partial charge in [0.25, 0.3) is 5.91 Å². The van der Waals surface area contributed by atoms with Crippen LogP contribution >= 0.6 is 22.9 Å². The summed E-state index contributed by atoms with van der Waals surface area (Å²) in [4.78, 5) is 26.5. The molecule has 2 aromatic rings. The largest absolute Gasteiger partial charge is 0.352 e. The lowest BCUT2D eigenvalue weighted by Gasteiger charge is -2.24. The van der Waals surface area contributed by atoms with Gasteiger partial charge in [0.15, 0.2) is 0 Å². The van der Waals surface area contributed by atoms with Gasteiger partial charge in [-0.25, -0.2) is 0 Å². The lowest BCUT2D eigenvalue weighted by molar-refractivity contribution is -0.132. The van der Waals surface area contributed by atoms with Gasteiger partial charge < -0.3 is 10.2 Å². The van der Waals surface area contributed by atoms with Gasteiger partial charge in [-0.15, -0.1) is 0 Å². The Hall–Kier alpha value is -1.85. The van der Waals surface area contributed by atoms with E-state index in [0.29, 0.717) is 30.0 Å². The van der Waals surface area contributed by atoms with E-state index in [2.05, 4.69) is 22.1 Å². The number of likely N-dealkylation sites (tertiary alicyclic amines) is 1. The maximum atomic E-state index is 12.5. The predicted molar refractivity (Wildman–Crippen MR) is 101 cm³/mol. The Balaban J connectivity index is 1.43. The summed E-state index contributed by atoms with van der Waals surface area (Å²) in [6, 6.07) is 9.10. The second-order valence-electron chi connectivity index (χ2n) is 6.17. The summed E-state index contributed by atoms with van der Waals surface area (Å²) in [5, 5.41) is 7.64. The third-order valence-electron chi connectivity index (χ3n) is 4.46. The molecule has 0 bridgehead atoms. The number of benzene rings is 1. The molecule has 1 N–H and O–H groups in total. The number of carbonyl (C=O) groups is 2. The maximum absolute atomic E-state index is 12.5. The Kier molecular flexibility index (Phi) is 6.10. The lowest BCUT2D eigenvalue weighted by atomic mass is 10.1. The number of rotatable bonds is 6. The van der Waals surface area contributed by atoms with Crippen LogP contribution in [0.25, 0.3) is 0 Å². The molecule has 1 aromatic heterocycles. The summed E-state index contributed by atoms with van der Waals surface area (Å²) in [6.45, 7) is 1.32. The Morgan fingerprint density at radius 3 is 2.76 bits per heavy atom. The first-order chi connectivity index (χ1) is 12.1. The Labute approximate surface area is 156 Å². The van der Waals surface area contributed by atoms with E-state index in [1.165, 1.54) is 5.56 Å². The van der Waals surface area contributed by atoms with Crippen molar-refractivity contribution in [1.82, 2.24) is 10.2 Å². The first-order valence-corrected chi connectivity index (χ1v) is 9.82. The van der Waals surface area contributed by atoms with E-state index in [4.69, 9.17) is 11.6 Å². The number of nitrogens with zero attached hydrogens (tertiary/aromatic N) is 1. The molecule has 4 nitrogen and oxygen atoms in total. The highest BCUT2D eigenvalue weighted by molar-refractivity contribution is 7.08. The quantitative estimate of drug-likeness (QED) is 0.765. The van der Waals surface area contributed by atoms with Crippen LogP contribution in [0.4, 0.5) is 0 Å². The summed E-state index contributed by atoms with van der Waals surface area (Å²) < 4.78 is 0. The van der Waals surface area contributed by atoms with Crippen LogP contribution in [0, 0.1) is 0 Å². The van der Waals surface area contributed by atoms with Crippen molar-refractivity contribution in [2.45, 2.75) is 31.7 Å². The summed E-state index contributed by atoms with van der Waals surface area (Å²) >= 11 is 7.49. The predicted octanol–water partition coefficient (Wildman–Crippen LogP) is 4.28. The zero-order valence-corrected chi connectivity index (χ0v) is 15.5. The second kappa shape index (κ2) is 8.50. The Morgan fingerprint density at radius 1 is 1.24 bits per heavy atom. The number of carbonyl (C=O) groups excluding carboxylic acids is 2. The van der Waals surface area contributed by atoms with E-state index < -0.39 is 0 Å². The normalized spacial score (nSPS) is 16.8. The fraction of sp³-hybridized carbons (Fsp3) is 0.368. The van der Waals surface area contributed by atoms with Crippen LogP contribution in [-0.2, 0) is 4.79 Å². The van der Waals surface area contributed by atoms with Crippen LogP contribution in [0.5, 0.6) is 0 Å². The Morgan fingerprint density at radius 2 is 2.04 bits per heavy atom. The zero-order chi connectivity index (χ0) is 17.6. The van der Waals surface area contributed by atoms with Crippen LogP contribution in [-0.4, -0.2) is 29.8 Å². The van der Waals surface area contributed by atoms with Crippen molar-refractivity contribution in [3.05, 3.63) is 57.2 Å². The number of amides is 2. The molecule has 6 heteroatoms. The van der Waals surface area contributed by atoms with Gasteiger partial charge in [0, 0.05) is 30.1 Å². The molecule has 25 heavy (non-hydrogen) atoms. The van der Waals surface area contributed by atoms with E-state index in [-0.39, 0.29) is 17.9 Å². The van der Waals surface area contributed by atoms with Gasteiger partial charge in [-0.05, 0) is 65.9 Å². The molecule has 1 unspecified atom stereocenters. The molecule has 1 fully saturated rings. The maximum Gasteiger partial charge on any atom is 0.251 e. The van der Waals surface area contributed by atoms with Crippen molar-refractivity contribution in [1.29, 1.82) is 0 Å². The topological polar surface area (TPSA) is 49.4 Å². The van der Waals surface area contributed by atoms with Crippen molar-refractivity contribution in [2.75, 3.05) is 13.1 Å². The minimum Gasteiger partial charge on any atom is -0.352 e. The van der Waals surface area contributed by atoms with E-state index >= 15 is 0 Å². The number of thiophene rings is 1. The highest BCUT2D eigenvalue weighted by Gasteiger charge is 2.29. The average molecular weight is 377 g/mol. The molecular formula is C19H21ClN2O2S. The van der Waals surface area contributed by atoms with Gasteiger partial charge in [-0.3, -0.25) is 9.59 Å². The first-order valence-electron chi connectivity index (χ1n) is 8.50. The van der Waals surface area contributed by atoms with Gasteiger partial charge in [0.1, 0.15) is 0 Å². The lowest BCUT2D eigenvalue weighted by Crippen LogP contribution is -2.31. The van der Waals surface area contributed by atoms with E-state index in [1.54, 1.807) is 35.6 Å². The van der Waals surface area contributed by atoms with Crippen molar-refractivity contribution in [2.24, 2.45) is 0 Å². The number of hydrogen-bond donors (Lipinski definition) is 1. The minimum absolute atomic E-state index is 0.138. The molecule has 3 rings (SSSR count). The van der Waals surface area contributed by atoms with Gasteiger partial charge in [0.2, 0.25) is 5.91 Å². The summed E-state index contributed by atoms with van der Waals surface area (Å²) in [6.07, 6.45) is 3.20. The fourth-order valence-electron chi connectivity index (χ4n) is 3.16. The third-order valence-corrected chi connectivity index (χ3v) is 5.41. The summed E-state index contributed by atoms with van der Waals surface area (Å²) in [5.41, 5.74) is 1.82. The standard InChI is InChI=1S/C19H21ClN2O2S/c20-16-7-5-14(6-8-16)19(24)21-10-1-4-18(23)22-11-2-3-17(22)15-9-12-25-13-15/h5-9,12-13,17H,1-4,10-11H2,(H,21,24). The molecule has 1 saturated heterocycles. The van der Waals surface area contributed by atoms with Gasteiger partial charge in [0.05, 0.1) is 6.04 Å². The molecule has 0 spiro atoms. The van der Waals surface area contributed by atoms with E-state index in [9.17, 15) is 9.59 Å². The third kappa shape index (κ3) is 4.61. The molecule has 0 saturated carbocycles. The highest BCUT2D eigenvalue weighted by atomic mass is 35.5. The van der Waals surface area contributed by atoms with Crippen molar-refractivity contribution >= 4 is 34.8 Å². The number of nitrogens with one attached hydrogen (secondary N) is 1. The summed E-state index contributed by atoms with van der Waals surface area (Å²) in [5.74, 6) is 0.0379. The van der Waals surface area contributed by atoms with Crippen molar-refractivity contribution < 1.29 is 9.59 Å². The molecule has 1 aromatic carbocycles. The SMILES string of the molecule is O=C(NCCCC(=O)N1CCCC1c1ccsc1)c1ccc(Cl)cc1. The van der Waals surface area contributed by atoms with Crippen LogP contribution in [0.3, 0.4) is 0 Å². The fourth-order valence-corrected chi connectivity index (χ4v) is 4.00. The first kappa shape index (κ1) is 18.0. The van der Waals surface area contributed by atoms with E-state index in [1.807, 2.05) is 4.90 Å². The molecule has 132 valence electrons. The molecule has 1 atom stereocenters. The number of halogens is 1. The van der Waals surface area contributed by atoms with Crippen molar-refractivity contribution in [3.63, 3.8) is 0 Å². The van der Waals surface area contributed by atoms with Gasteiger partial charge >= 0.3 is 0 Å².